The van der Waals surface area contributed by atoms with Gasteiger partial charge in [-0.2, -0.15) is 0 Å². The number of carbonyl (C=O) groups excluding carboxylic acids is 3. The quantitative estimate of drug-likeness (QED) is 0.618. The summed E-state index contributed by atoms with van der Waals surface area (Å²) < 4.78 is 4.63. The fourth-order valence-corrected chi connectivity index (χ4v) is 2.97. The van der Waals surface area contributed by atoms with E-state index in [1.165, 1.54) is 31.4 Å². The molecule has 1 heterocycles. The number of ether oxygens (including phenoxy) is 1. The zero-order valence-electron chi connectivity index (χ0n) is 14.4. The van der Waals surface area contributed by atoms with Crippen molar-refractivity contribution in [3.8, 4) is 0 Å². The molecule has 8 heteroatoms. The smallest absolute Gasteiger partial charge is 0.337 e. The van der Waals surface area contributed by atoms with Crippen LogP contribution in [-0.2, 0) is 14.3 Å². The molecule has 0 unspecified atom stereocenters. The molecule has 0 saturated heterocycles. The Balaban J connectivity index is 1.90. The van der Waals surface area contributed by atoms with E-state index >= 15 is 0 Å². The van der Waals surface area contributed by atoms with Crippen LogP contribution in [0.1, 0.15) is 15.9 Å². The van der Waals surface area contributed by atoms with Crippen LogP contribution in [0.15, 0.2) is 53.2 Å². The second-order valence-electron chi connectivity index (χ2n) is 5.71. The molecular weight excluding hydrogens is 391 g/mol. The molecule has 0 fully saturated rings. The number of carbonyl (C=O) groups is 3. The van der Waals surface area contributed by atoms with Crippen molar-refractivity contribution in [1.82, 2.24) is 0 Å². The molecule has 1 aliphatic rings. The predicted octanol–water partition coefficient (Wildman–Crippen LogP) is 3.87. The van der Waals surface area contributed by atoms with Gasteiger partial charge in [-0.05, 0) is 48.9 Å². The number of benzene rings is 2. The average Bonchev–Trinajstić information content (AvgIpc) is 2.88. The van der Waals surface area contributed by atoms with Crippen LogP contribution < -0.4 is 10.2 Å². The maximum atomic E-state index is 12.8. The van der Waals surface area contributed by atoms with Gasteiger partial charge >= 0.3 is 5.97 Å². The number of hydrogen-bond donors (Lipinski definition) is 1. The monoisotopic (exact) mass is 404 g/mol. The number of halogens is 2. The van der Waals surface area contributed by atoms with Crippen molar-refractivity contribution in [3.05, 3.63) is 69.3 Å². The SMILES string of the molecule is COC(=O)c1ccc(N2C(=O)C(Cl)=C(Nc3cccc(Cl)c3C)C2=O)cc1. The molecule has 0 bridgehead atoms. The van der Waals surface area contributed by atoms with Gasteiger partial charge in [-0.15, -0.1) is 0 Å². The molecule has 0 saturated carbocycles. The first-order chi connectivity index (χ1) is 12.8. The maximum absolute atomic E-state index is 12.8. The molecule has 0 aromatic heterocycles. The zero-order valence-corrected chi connectivity index (χ0v) is 15.9. The summed E-state index contributed by atoms with van der Waals surface area (Å²) in [5.74, 6) is -1.78. The summed E-state index contributed by atoms with van der Waals surface area (Å²) >= 11 is 12.2. The van der Waals surface area contributed by atoms with Gasteiger partial charge in [-0.3, -0.25) is 9.59 Å². The Morgan fingerprint density at radius 1 is 1.04 bits per heavy atom. The first-order valence-corrected chi connectivity index (χ1v) is 8.59. The van der Waals surface area contributed by atoms with Crippen molar-refractivity contribution >= 4 is 52.4 Å². The first kappa shape index (κ1) is 18.9. The lowest BCUT2D eigenvalue weighted by atomic mass is 10.2. The van der Waals surface area contributed by atoms with E-state index in [1.807, 2.05) is 0 Å². The number of hydrogen-bond acceptors (Lipinski definition) is 5. The van der Waals surface area contributed by atoms with E-state index in [2.05, 4.69) is 10.1 Å². The topological polar surface area (TPSA) is 75.7 Å². The molecular formula is C19H14Cl2N2O4. The van der Waals surface area contributed by atoms with E-state index in [-0.39, 0.29) is 16.4 Å². The lowest BCUT2D eigenvalue weighted by Gasteiger charge is -2.16. The highest BCUT2D eigenvalue weighted by Crippen LogP contribution is 2.32. The highest BCUT2D eigenvalue weighted by molar-refractivity contribution is 6.53. The van der Waals surface area contributed by atoms with Crippen molar-refractivity contribution < 1.29 is 19.1 Å². The number of anilines is 2. The van der Waals surface area contributed by atoms with Crippen molar-refractivity contribution in [2.24, 2.45) is 0 Å². The van der Waals surface area contributed by atoms with Gasteiger partial charge in [-0.1, -0.05) is 29.3 Å². The van der Waals surface area contributed by atoms with E-state index < -0.39 is 17.8 Å². The number of imide groups is 1. The third-order valence-electron chi connectivity index (χ3n) is 4.10. The lowest BCUT2D eigenvalue weighted by molar-refractivity contribution is -0.120. The van der Waals surface area contributed by atoms with Gasteiger partial charge < -0.3 is 10.1 Å². The summed E-state index contributed by atoms with van der Waals surface area (Å²) in [6.07, 6.45) is 0. The molecule has 27 heavy (non-hydrogen) atoms. The summed E-state index contributed by atoms with van der Waals surface area (Å²) in [5, 5.41) is 3.19. The van der Waals surface area contributed by atoms with Gasteiger partial charge in [0.1, 0.15) is 10.7 Å². The molecule has 1 N–H and O–H groups in total. The standard InChI is InChI=1S/C19H14Cl2N2O4/c1-10-13(20)4-3-5-14(10)22-16-15(21)17(24)23(18(16)25)12-8-6-11(7-9-12)19(26)27-2/h3-9,22H,1-2H3. The van der Waals surface area contributed by atoms with Crippen LogP contribution in [0.3, 0.4) is 0 Å². The van der Waals surface area contributed by atoms with E-state index in [9.17, 15) is 14.4 Å². The summed E-state index contributed by atoms with van der Waals surface area (Å²) in [7, 11) is 1.27. The molecule has 6 nitrogen and oxygen atoms in total. The molecule has 0 spiro atoms. The Labute approximate surface area is 165 Å². The van der Waals surface area contributed by atoms with Crippen molar-refractivity contribution in [2.45, 2.75) is 6.92 Å². The molecule has 2 aromatic carbocycles. The number of amides is 2. The van der Waals surface area contributed by atoms with Gasteiger partial charge in [0.25, 0.3) is 11.8 Å². The first-order valence-electron chi connectivity index (χ1n) is 7.84. The number of rotatable bonds is 4. The minimum atomic E-state index is -0.658. The molecule has 0 aliphatic carbocycles. The molecule has 138 valence electrons. The van der Waals surface area contributed by atoms with Gasteiger partial charge in [0, 0.05) is 10.7 Å². The minimum absolute atomic E-state index is 0.0379. The Hall–Kier alpha value is -2.83. The van der Waals surface area contributed by atoms with Gasteiger partial charge in [0.05, 0.1) is 18.4 Å². The van der Waals surface area contributed by atoms with E-state index in [1.54, 1.807) is 25.1 Å². The number of methoxy groups -OCH3 is 1. The molecule has 0 radical (unpaired) electrons. The van der Waals surface area contributed by atoms with Gasteiger partial charge in [0.2, 0.25) is 0 Å². The van der Waals surface area contributed by atoms with Crippen LogP contribution in [0.2, 0.25) is 5.02 Å². The second-order valence-corrected chi connectivity index (χ2v) is 6.50. The summed E-state index contributed by atoms with van der Waals surface area (Å²) in [6.45, 7) is 1.78. The van der Waals surface area contributed by atoms with Crippen LogP contribution >= 0.6 is 23.2 Å². The lowest BCUT2D eigenvalue weighted by Crippen LogP contribution is -2.32. The highest BCUT2D eigenvalue weighted by atomic mass is 35.5. The third kappa shape index (κ3) is 3.41. The van der Waals surface area contributed by atoms with Crippen molar-refractivity contribution in [1.29, 1.82) is 0 Å². The molecule has 1 aliphatic heterocycles. The summed E-state index contributed by atoms with van der Waals surface area (Å²) in [5.41, 5.74) is 1.84. The Bertz CT molecular complexity index is 984. The summed E-state index contributed by atoms with van der Waals surface area (Å²) in [4.78, 5) is 37.7. The van der Waals surface area contributed by atoms with E-state index in [0.29, 0.717) is 16.3 Å². The van der Waals surface area contributed by atoms with E-state index in [4.69, 9.17) is 23.2 Å². The Morgan fingerprint density at radius 2 is 1.70 bits per heavy atom. The van der Waals surface area contributed by atoms with Gasteiger partial charge in [-0.25, -0.2) is 9.69 Å². The van der Waals surface area contributed by atoms with Gasteiger partial charge in [0.15, 0.2) is 0 Å². The number of nitrogens with zero attached hydrogens (tertiary/aromatic N) is 1. The van der Waals surface area contributed by atoms with Crippen LogP contribution in [0.25, 0.3) is 0 Å². The molecule has 0 atom stereocenters. The zero-order chi connectivity index (χ0) is 19.7. The average molecular weight is 405 g/mol. The number of esters is 1. The second kappa shape index (κ2) is 7.42. The number of nitrogens with one attached hydrogen (secondary N) is 1. The van der Waals surface area contributed by atoms with Crippen LogP contribution in [0.5, 0.6) is 0 Å². The molecule has 2 aromatic rings. The van der Waals surface area contributed by atoms with Crippen LogP contribution in [0.4, 0.5) is 11.4 Å². The third-order valence-corrected chi connectivity index (χ3v) is 4.86. The molecule has 2 amide bonds. The normalized spacial score (nSPS) is 14.0. The van der Waals surface area contributed by atoms with Crippen molar-refractivity contribution in [3.63, 3.8) is 0 Å². The van der Waals surface area contributed by atoms with Crippen LogP contribution in [0, 0.1) is 6.92 Å². The molecule has 3 rings (SSSR count). The predicted molar refractivity (Wildman–Crippen MR) is 103 cm³/mol. The Morgan fingerprint density at radius 3 is 2.33 bits per heavy atom. The summed E-state index contributed by atoms with van der Waals surface area (Å²) in [6, 6.07) is 11.0. The minimum Gasteiger partial charge on any atom is -0.465 e. The highest BCUT2D eigenvalue weighted by Gasteiger charge is 2.39. The van der Waals surface area contributed by atoms with Crippen molar-refractivity contribution in [2.75, 3.05) is 17.3 Å². The van der Waals surface area contributed by atoms with E-state index in [0.717, 1.165) is 10.5 Å². The maximum Gasteiger partial charge on any atom is 0.337 e. The fourth-order valence-electron chi connectivity index (χ4n) is 2.59. The van der Waals surface area contributed by atoms with Crippen LogP contribution in [-0.4, -0.2) is 24.9 Å². The largest absolute Gasteiger partial charge is 0.465 e. The Kier molecular flexibility index (Phi) is 5.21. The fraction of sp³-hybridized carbons (Fsp3) is 0.105.